The van der Waals surface area contributed by atoms with Crippen LogP contribution in [0.25, 0.3) is 11.4 Å². The molecule has 4 aromatic rings. The van der Waals surface area contributed by atoms with Crippen molar-refractivity contribution in [3.05, 3.63) is 84.4 Å². The van der Waals surface area contributed by atoms with Gasteiger partial charge >= 0.3 is 0 Å². The fourth-order valence-corrected chi connectivity index (χ4v) is 6.91. The minimum absolute atomic E-state index is 0.0234. The normalized spacial score (nSPS) is 17.2. The Labute approximate surface area is 304 Å². The lowest BCUT2D eigenvalue weighted by Gasteiger charge is -2.27. The number of imidazole rings is 1. The van der Waals surface area contributed by atoms with Crippen LogP contribution in [0.4, 0.5) is 0 Å². The molecule has 274 valence electrons. The van der Waals surface area contributed by atoms with E-state index in [0.29, 0.717) is 93.6 Å². The van der Waals surface area contributed by atoms with Gasteiger partial charge < -0.3 is 38.2 Å². The van der Waals surface area contributed by atoms with Crippen LogP contribution in [0, 0.1) is 5.92 Å². The Morgan fingerprint density at radius 1 is 0.827 bits per heavy atom. The van der Waals surface area contributed by atoms with Gasteiger partial charge in [-0.1, -0.05) is 18.2 Å². The van der Waals surface area contributed by atoms with Gasteiger partial charge in [0.25, 0.3) is 5.91 Å². The minimum Gasteiger partial charge on any atom is -0.493 e. The number of hydrogen-bond acceptors (Lipinski definition) is 9. The van der Waals surface area contributed by atoms with Crippen molar-refractivity contribution in [2.45, 2.75) is 38.8 Å². The zero-order valence-electron chi connectivity index (χ0n) is 30.0. The second-order valence-electron chi connectivity index (χ2n) is 12.9. The number of benzene rings is 2. The number of pyridine rings is 1. The van der Waals surface area contributed by atoms with Gasteiger partial charge in [0.1, 0.15) is 18.2 Å². The standard InChI is InChI=1S/C39H46N6O7/c1-49-33-14-13-32(35(50-2)36(33)51-3)39(48)44-18-7-6-17-43(38(47)29-25-34(46)45(26-29)27-30-11-4-5-15-40-30)20-9-19-42-21-16-41-37(42)28-10-8-12-31(24-28)52-23-22-44/h4-5,8,10-16,21,24,29H,6-7,9,17-20,22-23,25-27H2,1-3H3. The highest BCUT2D eigenvalue weighted by molar-refractivity contribution is 5.98. The molecular formula is C39H46N6O7. The third-order valence-electron chi connectivity index (χ3n) is 9.55. The molecule has 6 rings (SSSR count). The van der Waals surface area contributed by atoms with Crippen molar-refractivity contribution in [1.29, 1.82) is 0 Å². The number of nitrogens with zero attached hydrogens (tertiary/aromatic N) is 6. The van der Waals surface area contributed by atoms with Crippen molar-refractivity contribution in [1.82, 2.24) is 29.2 Å². The first-order chi connectivity index (χ1) is 25.4. The molecule has 2 bridgehead atoms. The minimum atomic E-state index is -0.426. The monoisotopic (exact) mass is 710 g/mol. The van der Waals surface area contributed by atoms with Gasteiger partial charge in [0, 0.05) is 63.3 Å². The summed E-state index contributed by atoms with van der Waals surface area (Å²) < 4.78 is 24.9. The number of likely N-dealkylation sites (tertiary alicyclic amines) is 1. The van der Waals surface area contributed by atoms with E-state index in [2.05, 4.69) is 14.5 Å². The summed E-state index contributed by atoms with van der Waals surface area (Å²) in [6, 6.07) is 16.7. The van der Waals surface area contributed by atoms with Crippen LogP contribution in [0.15, 0.2) is 73.2 Å². The van der Waals surface area contributed by atoms with Gasteiger partial charge in [0.05, 0.1) is 51.6 Å². The average Bonchev–Trinajstić information content (AvgIpc) is 3.80. The molecule has 0 N–H and O–H groups in total. The second kappa shape index (κ2) is 17.1. The molecule has 2 aliphatic heterocycles. The largest absolute Gasteiger partial charge is 0.493 e. The Morgan fingerprint density at radius 2 is 1.63 bits per heavy atom. The number of hydrogen-bond donors (Lipinski definition) is 0. The van der Waals surface area contributed by atoms with E-state index in [4.69, 9.17) is 18.9 Å². The van der Waals surface area contributed by atoms with E-state index in [-0.39, 0.29) is 30.7 Å². The number of carbonyl (C=O) groups excluding carboxylic acids is 3. The van der Waals surface area contributed by atoms with E-state index in [1.807, 2.05) is 53.6 Å². The fourth-order valence-electron chi connectivity index (χ4n) is 6.91. The maximum atomic E-state index is 14.1. The molecule has 4 heterocycles. The summed E-state index contributed by atoms with van der Waals surface area (Å²) >= 11 is 0. The zero-order valence-corrected chi connectivity index (χ0v) is 30.0. The molecule has 1 fully saturated rings. The van der Waals surface area contributed by atoms with E-state index >= 15 is 0 Å². The maximum absolute atomic E-state index is 14.1. The first kappa shape index (κ1) is 36.2. The molecule has 13 nitrogen and oxygen atoms in total. The molecule has 2 aromatic carbocycles. The van der Waals surface area contributed by atoms with Gasteiger partial charge in [-0.2, -0.15) is 0 Å². The van der Waals surface area contributed by atoms with E-state index in [9.17, 15) is 14.4 Å². The van der Waals surface area contributed by atoms with Gasteiger partial charge in [0.15, 0.2) is 11.5 Å². The molecular weight excluding hydrogens is 664 g/mol. The number of rotatable bonds is 7. The van der Waals surface area contributed by atoms with Crippen LogP contribution in [-0.4, -0.2) is 108 Å². The first-order valence-electron chi connectivity index (χ1n) is 17.7. The van der Waals surface area contributed by atoms with Crippen molar-refractivity contribution in [2.24, 2.45) is 5.92 Å². The number of methoxy groups -OCH3 is 3. The van der Waals surface area contributed by atoms with Crippen molar-refractivity contribution in [3.8, 4) is 34.4 Å². The lowest BCUT2D eigenvalue weighted by Crippen LogP contribution is -2.40. The molecule has 52 heavy (non-hydrogen) atoms. The van der Waals surface area contributed by atoms with Crippen LogP contribution in [0.5, 0.6) is 23.0 Å². The molecule has 1 unspecified atom stereocenters. The number of ether oxygens (including phenoxy) is 4. The van der Waals surface area contributed by atoms with Gasteiger partial charge in [-0.3, -0.25) is 19.4 Å². The smallest absolute Gasteiger partial charge is 0.257 e. The molecule has 0 spiro atoms. The van der Waals surface area contributed by atoms with Gasteiger partial charge in [-0.25, -0.2) is 4.98 Å². The van der Waals surface area contributed by atoms with E-state index in [0.717, 1.165) is 17.1 Å². The number of aromatic nitrogens is 3. The number of fused-ring (bicyclic) bond motifs is 4. The molecule has 0 radical (unpaired) electrons. The van der Waals surface area contributed by atoms with Crippen LogP contribution in [0.1, 0.15) is 41.7 Å². The Bertz CT molecular complexity index is 1850. The third-order valence-corrected chi connectivity index (χ3v) is 9.55. The SMILES string of the molecule is COc1ccc(C(=O)N2CCCCN(C(=O)C3CC(=O)N(Cc4ccccn4)C3)CCCn3ccnc3-c3cccc(c3)OCC2)c(OC)c1OC. The highest BCUT2D eigenvalue weighted by atomic mass is 16.5. The summed E-state index contributed by atoms with van der Waals surface area (Å²) in [5.74, 6) is 1.84. The van der Waals surface area contributed by atoms with Crippen molar-refractivity contribution in [3.63, 3.8) is 0 Å². The molecule has 2 aliphatic rings. The second-order valence-corrected chi connectivity index (χ2v) is 12.9. The number of aryl methyl sites for hydroxylation is 1. The summed E-state index contributed by atoms with van der Waals surface area (Å²) in [6.07, 6.45) is 7.61. The maximum Gasteiger partial charge on any atom is 0.257 e. The fraction of sp³-hybridized carbons (Fsp3) is 0.410. The number of carbonyl (C=O) groups is 3. The number of amides is 3. The van der Waals surface area contributed by atoms with E-state index < -0.39 is 5.92 Å². The third kappa shape index (κ3) is 8.30. The summed E-state index contributed by atoms with van der Waals surface area (Å²) in [7, 11) is 4.53. The van der Waals surface area contributed by atoms with Crippen LogP contribution in [0.3, 0.4) is 0 Å². The summed E-state index contributed by atoms with van der Waals surface area (Å²) in [4.78, 5) is 55.6. The summed E-state index contributed by atoms with van der Waals surface area (Å²) in [6.45, 7) is 3.43. The Hall–Kier alpha value is -5.59. The first-order valence-corrected chi connectivity index (χ1v) is 17.7. The van der Waals surface area contributed by atoms with Crippen molar-refractivity contribution in [2.75, 3.05) is 60.7 Å². The molecule has 0 aliphatic carbocycles. The highest BCUT2D eigenvalue weighted by Gasteiger charge is 2.36. The summed E-state index contributed by atoms with van der Waals surface area (Å²) in [5, 5.41) is 0. The lowest BCUT2D eigenvalue weighted by molar-refractivity contribution is -0.136. The predicted octanol–water partition coefficient (Wildman–Crippen LogP) is 4.55. The molecule has 1 atom stereocenters. The average molecular weight is 711 g/mol. The lowest BCUT2D eigenvalue weighted by atomic mass is 10.1. The predicted molar refractivity (Wildman–Crippen MR) is 193 cm³/mol. The molecule has 0 saturated carbocycles. The Kier molecular flexibility index (Phi) is 11.9. The van der Waals surface area contributed by atoms with E-state index in [1.54, 1.807) is 34.3 Å². The van der Waals surface area contributed by atoms with Gasteiger partial charge in [-0.15, -0.1) is 0 Å². The van der Waals surface area contributed by atoms with E-state index in [1.165, 1.54) is 21.3 Å². The Morgan fingerprint density at radius 3 is 2.40 bits per heavy atom. The quantitative estimate of drug-likeness (QED) is 0.271. The van der Waals surface area contributed by atoms with Crippen molar-refractivity contribution >= 4 is 17.7 Å². The zero-order chi connectivity index (χ0) is 36.5. The van der Waals surface area contributed by atoms with Gasteiger partial charge in [-0.05, 0) is 55.7 Å². The molecule has 13 heteroatoms. The molecule has 2 aromatic heterocycles. The highest BCUT2D eigenvalue weighted by Crippen LogP contribution is 2.40. The van der Waals surface area contributed by atoms with Crippen LogP contribution < -0.4 is 18.9 Å². The molecule has 3 amide bonds. The van der Waals surface area contributed by atoms with Crippen LogP contribution in [0.2, 0.25) is 0 Å². The van der Waals surface area contributed by atoms with Crippen molar-refractivity contribution < 1.29 is 33.3 Å². The Balaban J connectivity index is 1.23. The summed E-state index contributed by atoms with van der Waals surface area (Å²) in [5.41, 5.74) is 2.04. The molecule has 1 saturated heterocycles. The van der Waals surface area contributed by atoms with Crippen LogP contribution in [-0.2, 0) is 22.7 Å². The van der Waals surface area contributed by atoms with Gasteiger partial charge in [0.2, 0.25) is 17.6 Å². The topological polar surface area (TPSA) is 129 Å². The van der Waals surface area contributed by atoms with Crippen LogP contribution >= 0.6 is 0 Å².